The molecular formula is C25H23N3O3. The summed E-state index contributed by atoms with van der Waals surface area (Å²) in [6.07, 6.45) is 1.56. The minimum Gasteiger partial charge on any atom is -0.317 e. The molecule has 0 saturated carbocycles. The Hall–Kier alpha value is -3.93. The van der Waals surface area contributed by atoms with Crippen molar-refractivity contribution in [2.45, 2.75) is 27.7 Å². The summed E-state index contributed by atoms with van der Waals surface area (Å²) in [5, 5.41) is 2.27. The highest BCUT2D eigenvalue weighted by Crippen LogP contribution is 2.28. The topological polar surface area (TPSA) is 71.4 Å². The fraction of sp³-hybridized carbons (Fsp3) is 0.160. The maximum absolute atomic E-state index is 13.1. The number of nitrogens with one attached hydrogen (secondary N) is 1. The summed E-state index contributed by atoms with van der Waals surface area (Å²) in [4.78, 5) is 38.9. The molecule has 4 rings (SSSR count). The van der Waals surface area contributed by atoms with E-state index in [1.54, 1.807) is 36.4 Å². The van der Waals surface area contributed by atoms with Gasteiger partial charge < -0.3 is 4.57 Å². The minimum atomic E-state index is -0.751. The third-order valence-electron chi connectivity index (χ3n) is 5.55. The Balaban J connectivity index is 1.81. The van der Waals surface area contributed by atoms with Gasteiger partial charge in [0.05, 0.1) is 11.4 Å². The monoisotopic (exact) mass is 413 g/mol. The van der Waals surface area contributed by atoms with E-state index in [9.17, 15) is 14.4 Å². The van der Waals surface area contributed by atoms with Crippen molar-refractivity contribution >= 4 is 29.6 Å². The van der Waals surface area contributed by atoms with E-state index in [1.807, 2.05) is 26.0 Å². The van der Waals surface area contributed by atoms with Crippen LogP contribution in [0.15, 0.2) is 60.2 Å². The average molecular weight is 413 g/mol. The third-order valence-corrected chi connectivity index (χ3v) is 5.55. The van der Waals surface area contributed by atoms with Crippen LogP contribution < -0.4 is 10.2 Å². The number of hydrogen-bond acceptors (Lipinski definition) is 3. The molecule has 1 fully saturated rings. The molecule has 0 unspecified atom stereocenters. The molecule has 0 aliphatic carbocycles. The SMILES string of the molecule is Cc1cccc(C)c1-n1c(C)cc(/C=C2/C(=O)NC(=O)N(c3ccccc3)C2=O)c1C. The maximum Gasteiger partial charge on any atom is 0.335 e. The Kier molecular flexibility index (Phi) is 5.07. The zero-order valence-electron chi connectivity index (χ0n) is 17.9. The number of imide groups is 2. The summed E-state index contributed by atoms with van der Waals surface area (Å²) in [5.41, 5.74) is 6.33. The number of amides is 4. The van der Waals surface area contributed by atoms with Crippen LogP contribution in [0.5, 0.6) is 0 Å². The van der Waals surface area contributed by atoms with Gasteiger partial charge in [-0.1, -0.05) is 36.4 Å². The lowest BCUT2D eigenvalue weighted by molar-refractivity contribution is -0.122. The molecule has 0 bridgehead atoms. The molecule has 1 saturated heterocycles. The molecule has 6 nitrogen and oxygen atoms in total. The number of anilines is 1. The molecule has 0 spiro atoms. The van der Waals surface area contributed by atoms with E-state index < -0.39 is 17.8 Å². The van der Waals surface area contributed by atoms with Crippen molar-refractivity contribution in [2.75, 3.05) is 4.90 Å². The number of carbonyl (C=O) groups excluding carboxylic acids is 3. The Morgan fingerprint density at radius 3 is 2.13 bits per heavy atom. The van der Waals surface area contributed by atoms with Gasteiger partial charge in [-0.05, 0) is 68.7 Å². The van der Waals surface area contributed by atoms with Gasteiger partial charge in [-0.25, -0.2) is 9.69 Å². The summed E-state index contributed by atoms with van der Waals surface area (Å²) < 4.78 is 2.13. The summed E-state index contributed by atoms with van der Waals surface area (Å²) in [6.45, 7) is 8.06. The van der Waals surface area contributed by atoms with Crippen LogP contribution in [0, 0.1) is 27.7 Å². The first kappa shape index (κ1) is 20.3. The number of hydrogen-bond donors (Lipinski definition) is 1. The summed E-state index contributed by atoms with van der Waals surface area (Å²) in [7, 11) is 0. The van der Waals surface area contributed by atoms with Crippen molar-refractivity contribution in [3.05, 3.63) is 88.2 Å². The number of aryl methyl sites for hydroxylation is 3. The molecule has 1 aromatic heterocycles. The smallest absolute Gasteiger partial charge is 0.317 e. The number of nitrogens with zero attached hydrogens (tertiary/aromatic N) is 2. The van der Waals surface area contributed by atoms with Gasteiger partial charge >= 0.3 is 6.03 Å². The van der Waals surface area contributed by atoms with E-state index in [0.29, 0.717) is 5.69 Å². The number of benzene rings is 2. The van der Waals surface area contributed by atoms with Crippen molar-refractivity contribution in [2.24, 2.45) is 0 Å². The lowest BCUT2D eigenvalue weighted by Crippen LogP contribution is -2.54. The highest BCUT2D eigenvalue weighted by molar-refractivity contribution is 6.39. The number of carbonyl (C=O) groups is 3. The molecule has 0 atom stereocenters. The maximum atomic E-state index is 13.1. The van der Waals surface area contributed by atoms with Gasteiger partial charge in [0.1, 0.15) is 5.57 Å². The van der Waals surface area contributed by atoms with E-state index in [1.165, 1.54) is 0 Å². The van der Waals surface area contributed by atoms with Gasteiger partial charge in [0, 0.05) is 11.4 Å². The van der Waals surface area contributed by atoms with Crippen LogP contribution >= 0.6 is 0 Å². The first-order chi connectivity index (χ1) is 14.8. The second kappa shape index (κ2) is 7.72. The van der Waals surface area contributed by atoms with E-state index in [2.05, 4.69) is 35.9 Å². The largest absolute Gasteiger partial charge is 0.335 e. The molecule has 2 heterocycles. The van der Waals surface area contributed by atoms with Crippen LogP contribution in [0.25, 0.3) is 11.8 Å². The summed E-state index contributed by atoms with van der Waals surface area (Å²) in [6, 6.07) is 15.9. The standard InChI is InChI=1S/C25H23N3O3/c1-15-9-8-10-16(2)22(15)27-17(3)13-19(18(27)4)14-21-23(29)26-25(31)28(24(21)30)20-11-6-5-7-12-20/h5-14H,1-4H3,(H,26,29,31)/b21-14-. The normalized spacial score (nSPS) is 15.5. The zero-order valence-corrected chi connectivity index (χ0v) is 17.9. The lowest BCUT2D eigenvalue weighted by atomic mass is 10.1. The van der Waals surface area contributed by atoms with Gasteiger partial charge in [-0.15, -0.1) is 0 Å². The van der Waals surface area contributed by atoms with Crippen LogP contribution in [0.3, 0.4) is 0 Å². The van der Waals surface area contributed by atoms with Gasteiger partial charge in [-0.3, -0.25) is 14.9 Å². The van der Waals surface area contributed by atoms with Crippen LogP contribution in [-0.2, 0) is 9.59 Å². The molecule has 4 amide bonds. The first-order valence-electron chi connectivity index (χ1n) is 10.0. The quantitative estimate of drug-likeness (QED) is 0.512. The molecule has 6 heteroatoms. The van der Waals surface area contributed by atoms with Crippen molar-refractivity contribution < 1.29 is 14.4 Å². The van der Waals surface area contributed by atoms with Crippen LogP contribution in [-0.4, -0.2) is 22.4 Å². The number of rotatable bonds is 3. The van der Waals surface area contributed by atoms with Crippen molar-refractivity contribution in [3.63, 3.8) is 0 Å². The van der Waals surface area contributed by atoms with Crippen molar-refractivity contribution in [1.29, 1.82) is 0 Å². The minimum absolute atomic E-state index is 0.0785. The van der Waals surface area contributed by atoms with Crippen LogP contribution in [0.1, 0.15) is 28.1 Å². The van der Waals surface area contributed by atoms with Gasteiger partial charge in [0.15, 0.2) is 0 Å². The fourth-order valence-corrected chi connectivity index (χ4v) is 4.06. The van der Waals surface area contributed by atoms with Crippen LogP contribution in [0.4, 0.5) is 10.5 Å². The first-order valence-corrected chi connectivity index (χ1v) is 10.0. The van der Waals surface area contributed by atoms with E-state index >= 15 is 0 Å². The molecule has 1 aliphatic heterocycles. The molecule has 156 valence electrons. The highest BCUT2D eigenvalue weighted by atomic mass is 16.2. The summed E-state index contributed by atoms with van der Waals surface area (Å²) in [5.74, 6) is -1.34. The second-order valence-electron chi connectivity index (χ2n) is 7.70. The Morgan fingerprint density at radius 1 is 0.839 bits per heavy atom. The van der Waals surface area contributed by atoms with Crippen LogP contribution in [0.2, 0.25) is 0 Å². The second-order valence-corrected chi connectivity index (χ2v) is 7.70. The zero-order chi connectivity index (χ0) is 22.3. The van der Waals surface area contributed by atoms with Gasteiger partial charge in [0.2, 0.25) is 0 Å². The number of urea groups is 1. The number of aromatic nitrogens is 1. The third kappa shape index (κ3) is 3.46. The molecule has 0 radical (unpaired) electrons. The molecule has 31 heavy (non-hydrogen) atoms. The Morgan fingerprint density at radius 2 is 1.48 bits per heavy atom. The fourth-order valence-electron chi connectivity index (χ4n) is 4.06. The summed E-state index contributed by atoms with van der Waals surface area (Å²) >= 11 is 0. The predicted octanol–water partition coefficient (Wildman–Crippen LogP) is 4.38. The molecule has 2 aromatic carbocycles. The van der Waals surface area contributed by atoms with Gasteiger partial charge in [0.25, 0.3) is 11.8 Å². The lowest BCUT2D eigenvalue weighted by Gasteiger charge is -2.26. The molecule has 3 aromatic rings. The molecule has 1 N–H and O–H groups in total. The predicted molar refractivity (Wildman–Crippen MR) is 120 cm³/mol. The van der Waals surface area contributed by atoms with Crippen molar-refractivity contribution in [3.8, 4) is 5.69 Å². The Labute approximate surface area is 180 Å². The average Bonchev–Trinajstić information content (AvgIpc) is 2.99. The molecule has 1 aliphatic rings. The Bertz CT molecular complexity index is 1230. The number of barbiturate groups is 1. The highest BCUT2D eigenvalue weighted by Gasteiger charge is 2.37. The van der Waals surface area contributed by atoms with Crippen molar-refractivity contribution in [1.82, 2.24) is 9.88 Å². The van der Waals surface area contributed by atoms with E-state index in [-0.39, 0.29) is 5.57 Å². The number of para-hydroxylation sites is 2. The molecular weight excluding hydrogens is 390 g/mol. The van der Waals surface area contributed by atoms with E-state index in [0.717, 1.165) is 38.7 Å². The van der Waals surface area contributed by atoms with Gasteiger partial charge in [-0.2, -0.15) is 0 Å². The van der Waals surface area contributed by atoms with E-state index in [4.69, 9.17) is 0 Å².